The number of amides is 3. The second kappa shape index (κ2) is 25.6. The van der Waals surface area contributed by atoms with E-state index < -0.39 is 0 Å². The lowest BCUT2D eigenvalue weighted by Gasteiger charge is -2.16. The highest BCUT2D eigenvalue weighted by Crippen LogP contribution is 2.33. The molecule has 3 amide bonds. The van der Waals surface area contributed by atoms with Gasteiger partial charge >= 0.3 is 6.03 Å². The average molecular weight is 622 g/mol. The van der Waals surface area contributed by atoms with Crippen LogP contribution in [-0.4, -0.2) is 141 Å². The molecule has 0 spiro atoms. The Balaban J connectivity index is 1.20. The first-order valence-corrected chi connectivity index (χ1v) is 15.8. The molecule has 3 atom stereocenters. The summed E-state index contributed by atoms with van der Waals surface area (Å²) in [5.74, 6) is 1.00. The first kappa shape index (κ1) is 36.3. The number of carbonyl (C=O) groups excluding carboxylic acids is 2. The number of urea groups is 1. The monoisotopic (exact) mass is 621 g/mol. The van der Waals surface area contributed by atoms with Gasteiger partial charge in [-0.05, 0) is 12.8 Å². The average Bonchev–Trinajstić information content (AvgIpc) is 3.54. The molecule has 2 aliphatic rings. The first-order chi connectivity index (χ1) is 20.7. The fourth-order valence-corrected chi connectivity index (χ4v) is 5.75. The number of carbonyl (C=O) groups is 2. The Bertz CT molecular complexity index is 766. The zero-order valence-electron chi connectivity index (χ0n) is 24.6. The van der Waals surface area contributed by atoms with Gasteiger partial charge in [-0.2, -0.15) is 11.8 Å². The van der Waals surface area contributed by atoms with Crippen LogP contribution < -0.4 is 20.9 Å². The summed E-state index contributed by atoms with van der Waals surface area (Å²) >= 11 is 1.90. The van der Waals surface area contributed by atoms with Crippen LogP contribution in [0.25, 0.3) is 0 Å². The van der Waals surface area contributed by atoms with Crippen molar-refractivity contribution in [3.63, 3.8) is 0 Å². The number of unbranched alkanes of at least 4 members (excludes halogenated alkanes) is 1. The van der Waals surface area contributed by atoms with Crippen molar-refractivity contribution in [1.29, 1.82) is 5.53 Å². The van der Waals surface area contributed by atoms with Crippen molar-refractivity contribution < 1.29 is 42.7 Å². The minimum atomic E-state index is -0.0601. The Morgan fingerprint density at radius 2 is 1.33 bits per heavy atom. The number of hydrogen-bond acceptors (Lipinski definition) is 12. The number of thioether (sulfide) groups is 1. The van der Waals surface area contributed by atoms with E-state index in [2.05, 4.69) is 26.0 Å². The Morgan fingerprint density at radius 1 is 0.810 bits per heavy atom. The van der Waals surface area contributed by atoms with Gasteiger partial charge in [-0.15, -0.1) is 0 Å². The molecule has 2 aliphatic heterocycles. The molecule has 42 heavy (non-hydrogen) atoms. The summed E-state index contributed by atoms with van der Waals surface area (Å²) in [6.07, 6.45) is 3.34. The van der Waals surface area contributed by atoms with E-state index in [0.717, 1.165) is 25.0 Å². The summed E-state index contributed by atoms with van der Waals surface area (Å²) in [5, 5.41) is 12.8. The van der Waals surface area contributed by atoms with Crippen molar-refractivity contribution in [2.75, 3.05) is 111 Å². The third-order valence-corrected chi connectivity index (χ3v) is 7.80. The molecule has 0 radical (unpaired) electrons. The molecular weight excluding hydrogens is 572 g/mol. The quantitative estimate of drug-likeness (QED) is 0.0397. The molecule has 0 saturated carbocycles. The largest absolute Gasteiger partial charge is 0.377 e. The normalized spacial score (nSPS) is 19.2. The van der Waals surface area contributed by atoms with Crippen LogP contribution in [0, 0.1) is 5.53 Å². The number of rotatable bonds is 29. The van der Waals surface area contributed by atoms with E-state index in [1.165, 1.54) is 0 Å². The van der Waals surface area contributed by atoms with E-state index in [9.17, 15) is 9.59 Å². The second-order valence-corrected chi connectivity index (χ2v) is 10.7. The highest BCUT2D eigenvalue weighted by atomic mass is 32.2. The van der Waals surface area contributed by atoms with Crippen molar-refractivity contribution in [3.8, 4) is 0 Å². The molecule has 2 saturated heterocycles. The van der Waals surface area contributed by atoms with Crippen LogP contribution in [0.3, 0.4) is 0 Å². The lowest BCUT2D eigenvalue weighted by atomic mass is 10.0. The minimum absolute atomic E-state index is 0.0436. The van der Waals surface area contributed by atoms with Gasteiger partial charge in [0.1, 0.15) is 17.2 Å². The highest BCUT2D eigenvalue weighted by Gasteiger charge is 2.42. The number of ether oxygens (including phenoxy) is 7. The second-order valence-electron chi connectivity index (χ2n) is 9.47. The van der Waals surface area contributed by atoms with Crippen LogP contribution >= 0.6 is 11.8 Å². The van der Waals surface area contributed by atoms with Crippen molar-refractivity contribution in [2.45, 2.75) is 43.0 Å². The van der Waals surface area contributed by atoms with Crippen LogP contribution in [-0.2, 0) is 38.0 Å². The van der Waals surface area contributed by atoms with Crippen LogP contribution in [0.15, 0.2) is 5.11 Å². The molecule has 0 aromatic rings. The third kappa shape index (κ3) is 18.6. The summed E-state index contributed by atoms with van der Waals surface area (Å²) in [6, 6.07) is 0.413. The summed E-state index contributed by atoms with van der Waals surface area (Å²) in [7, 11) is 0. The maximum atomic E-state index is 12.0. The van der Waals surface area contributed by atoms with Crippen molar-refractivity contribution in [2.24, 2.45) is 5.11 Å². The standard InChI is InChI=1S/C26H48N6O9S/c27-32-29-6-8-36-10-12-38-14-16-40-18-20-41-19-17-39-15-13-37-11-9-35-7-5-28-24(33)4-2-1-3-23-25-22(21-42-23)30-26(34)31-25/h22-23,25,27H,1-21H2,(H2-,28,30,31,33,34)/p+1. The van der Waals surface area contributed by atoms with Crippen LogP contribution in [0.1, 0.15) is 25.7 Å². The number of hydrogen-bond donors (Lipinski definition) is 4. The van der Waals surface area contributed by atoms with Gasteiger partial charge in [0.05, 0.1) is 105 Å². The smallest absolute Gasteiger partial charge is 0.315 e. The van der Waals surface area contributed by atoms with E-state index in [4.69, 9.17) is 38.7 Å². The lowest BCUT2D eigenvalue weighted by Crippen LogP contribution is -2.36. The highest BCUT2D eigenvalue weighted by molar-refractivity contribution is 8.00. The van der Waals surface area contributed by atoms with Crippen LogP contribution in [0.4, 0.5) is 4.79 Å². The molecule has 2 rings (SSSR count). The third-order valence-electron chi connectivity index (χ3n) is 6.29. The topological polar surface area (TPSA) is 185 Å². The number of nitrogens with zero attached hydrogens (tertiary/aromatic N) is 2. The van der Waals surface area contributed by atoms with Crippen molar-refractivity contribution in [1.82, 2.24) is 20.9 Å². The molecule has 0 aromatic heterocycles. The Hall–Kier alpha value is -1.88. The van der Waals surface area contributed by atoms with Gasteiger partial charge in [-0.25, -0.2) is 4.79 Å². The van der Waals surface area contributed by atoms with Crippen molar-refractivity contribution in [3.05, 3.63) is 0 Å². The molecule has 3 unspecified atom stereocenters. The molecule has 15 nitrogen and oxygen atoms in total. The van der Waals surface area contributed by atoms with Crippen molar-refractivity contribution >= 4 is 23.7 Å². The van der Waals surface area contributed by atoms with Gasteiger partial charge in [-0.1, -0.05) is 6.42 Å². The molecule has 0 aliphatic carbocycles. The van der Waals surface area contributed by atoms with Gasteiger partial charge in [0.25, 0.3) is 0 Å². The molecular formula is C26H49N6O9S+. The molecule has 16 heteroatoms. The number of fused-ring (bicyclic) bond motifs is 1. The Labute approximate surface area is 252 Å². The van der Waals surface area contributed by atoms with E-state index in [1.807, 2.05) is 11.8 Å². The molecule has 2 heterocycles. The molecule has 4 N–H and O–H groups in total. The predicted octanol–water partition coefficient (Wildman–Crippen LogP) is 0.495. The van der Waals surface area contributed by atoms with Gasteiger partial charge in [0.2, 0.25) is 10.8 Å². The summed E-state index contributed by atoms with van der Waals surface area (Å²) in [4.78, 5) is 26.3. The van der Waals surface area contributed by atoms with Crippen LogP contribution in [0.5, 0.6) is 0 Å². The van der Waals surface area contributed by atoms with Crippen LogP contribution in [0.2, 0.25) is 0 Å². The fourth-order valence-electron chi connectivity index (χ4n) is 4.20. The van der Waals surface area contributed by atoms with E-state index >= 15 is 0 Å². The number of nitrogens with one attached hydrogen (secondary N) is 4. The summed E-state index contributed by atoms with van der Waals surface area (Å²) in [6.45, 7) is 7.56. The van der Waals surface area contributed by atoms with Gasteiger partial charge in [0.15, 0.2) is 0 Å². The Morgan fingerprint density at radius 3 is 1.88 bits per heavy atom. The van der Waals surface area contributed by atoms with E-state index in [-0.39, 0.29) is 24.0 Å². The van der Waals surface area contributed by atoms with Gasteiger partial charge in [0, 0.05) is 24.0 Å². The molecule has 0 bridgehead atoms. The van der Waals surface area contributed by atoms with E-state index in [0.29, 0.717) is 117 Å². The van der Waals surface area contributed by atoms with E-state index in [1.54, 1.807) is 0 Å². The molecule has 0 aromatic carbocycles. The first-order valence-electron chi connectivity index (χ1n) is 14.7. The molecule has 2 fully saturated rings. The van der Waals surface area contributed by atoms with Gasteiger partial charge in [-0.3, -0.25) is 4.79 Å². The van der Waals surface area contributed by atoms with Gasteiger partial charge < -0.3 is 49.1 Å². The molecule has 242 valence electrons. The zero-order valence-corrected chi connectivity index (χ0v) is 25.4. The SMILES string of the molecule is N=[N+]=NCCOCCOCCOCCOCCOCCOCCOCCNC(=O)CCCCC1SCC2NC(=O)NC21. The minimum Gasteiger partial charge on any atom is -0.377 e. The fraction of sp³-hybridized carbons (Fsp3) is 0.923. The summed E-state index contributed by atoms with van der Waals surface area (Å²) in [5.41, 5.74) is 6.51. The maximum absolute atomic E-state index is 12.0. The summed E-state index contributed by atoms with van der Waals surface area (Å²) < 4.78 is 37.9. The predicted molar refractivity (Wildman–Crippen MR) is 155 cm³/mol. The lowest BCUT2D eigenvalue weighted by molar-refractivity contribution is -0.121. The maximum Gasteiger partial charge on any atom is 0.315 e. The zero-order chi connectivity index (χ0) is 29.9. The Kier molecular flexibility index (Phi) is 22.1.